The van der Waals surface area contributed by atoms with Crippen LogP contribution in [0.5, 0.6) is 0 Å². The van der Waals surface area contributed by atoms with E-state index in [0.717, 1.165) is 4.90 Å². The number of aliphatic hydroxyl groups excluding tert-OH is 1. The summed E-state index contributed by atoms with van der Waals surface area (Å²) in [6.45, 7) is 3.23. The maximum atomic E-state index is 11.5. The first-order valence-electron chi connectivity index (χ1n) is 5.27. The summed E-state index contributed by atoms with van der Waals surface area (Å²) in [5.41, 5.74) is 4.34. The molecule has 0 bridgehead atoms. The molecule has 0 saturated carbocycles. The summed E-state index contributed by atoms with van der Waals surface area (Å²) < 4.78 is 0. The molecule has 0 rings (SSSR count). The van der Waals surface area contributed by atoms with E-state index in [1.165, 1.54) is 0 Å². The zero-order valence-electron chi connectivity index (χ0n) is 10.1. The van der Waals surface area contributed by atoms with Crippen molar-refractivity contribution in [1.29, 1.82) is 0 Å². The molecule has 0 aromatic rings. The molecule has 4 N–H and O–H groups in total. The number of imide groups is 1. The topological polar surface area (TPSA) is 113 Å². The van der Waals surface area contributed by atoms with Crippen LogP contribution in [-0.4, -0.2) is 53.5 Å². The third kappa shape index (κ3) is 5.41. The van der Waals surface area contributed by atoms with Crippen molar-refractivity contribution < 1.29 is 19.5 Å². The second kappa shape index (κ2) is 6.97. The van der Waals surface area contributed by atoms with Gasteiger partial charge >= 0.3 is 11.8 Å². The van der Waals surface area contributed by atoms with Crippen molar-refractivity contribution in [3.8, 4) is 0 Å². The molecule has 0 aliphatic heterocycles. The summed E-state index contributed by atoms with van der Waals surface area (Å²) >= 11 is 0. The van der Waals surface area contributed by atoms with Gasteiger partial charge in [-0.25, -0.2) is 0 Å². The summed E-state index contributed by atoms with van der Waals surface area (Å²) in [5, 5.41) is 11.3. The monoisotopic (exact) mass is 245 g/mol. The Hall–Kier alpha value is -1.47. The van der Waals surface area contributed by atoms with E-state index in [0.29, 0.717) is 19.4 Å². The van der Waals surface area contributed by atoms with Gasteiger partial charge in [-0.1, -0.05) is 0 Å². The summed E-state index contributed by atoms with van der Waals surface area (Å²) in [7, 11) is 0. The van der Waals surface area contributed by atoms with E-state index in [1.54, 1.807) is 13.8 Å². The van der Waals surface area contributed by atoms with Crippen molar-refractivity contribution in [2.75, 3.05) is 19.7 Å². The van der Waals surface area contributed by atoms with Gasteiger partial charge in [-0.2, -0.15) is 0 Å². The smallest absolute Gasteiger partial charge is 0.318 e. The van der Waals surface area contributed by atoms with Crippen molar-refractivity contribution in [2.24, 2.45) is 5.73 Å². The van der Waals surface area contributed by atoms with Crippen LogP contribution in [0.25, 0.3) is 0 Å². The number of nitrogens with one attached hydrogen (secondary N) is 1. The Bertz CT molecular complexity index is 291. The van der Waals surface area contributed by atoms with Crippen LogP contribution in [0.3, 0.4) is 0 Å². The van der Waals surface area contributed by atoms with E-state index < -0.39 is 17.4 Å². The number of hydrogen-bond donors (Lipinski definition) is 3. The summed E-state index contributed by atoms with van der Waals surface area (Å²) in [6, 6.07) is 0. The molecule has 0 saturated heterocycles. The van der Waals surface area contributed by atoms with Gasteiger partial charge in [0, 0.05) is 6.54 Å². The molecule has 7 heteroatoms. The second-order valence-electron chi connectivity index (χ2n) is 4.24. The number of hydrogen-bond acceptors (Lipinski definition) is 5. The Balaban J connectivity index is 4.46. The first-order chi connectivity index (χ1) is 7.87. The highest BCUT2D eigenvalue weighted by Crippen LogP contribution is 2.00. The Morgan fingerprint density at radius 3 is 2.47 bits per heavy atom. The van der Waals surface area contributed by atoms with Crippen LogP contribution in [0.4, 0.5) is 0 Å². The Kier molecular flexibility index (Phi) is 6.37. The number of aliphatic hydroxyl groups is 1. The van der Waals surface area contributed by atoms with Gasteiger partial charge in [-0.3, -0.25) is 19.3 Å². The first kappa shape index (κ1) is 15.5. The molecule has 0 spiro atoms. The summed E-state index contributed by atoms with van der Waals surface area (Å²) in [6.07, 6.45) is 0.727. The highest BCUT2D eigenvalue weighted by Gasteiger charge is 2.26. The maximum Gasteiger partial charge on any atom is 0.318 e. The summed E-state index contributed by atoms with van der Waals surface area (Å²) in [5.74, 6) is -1.87. The molecule has 3 amide bonds. The highest BCUT2D eigenvalue weighted by atomic mass is 16.3. The lowest BCUT2D eigenvalue weighted by Gasteiger charge is -2.24. The number of carbonyl (C=O) groups is 3. The first-order valence-corrected chi connectivity index (χ1v) is 5.27. The fraction of sp³-hybridized carbons (Fsp3) is 0.700. The van der Waals surface area contributed by atoms with E-state index in [9.17, 15) is 14.4 Å². The lowest BCUT2D eigenvalue weighted by Crippen LogP contribution is -2.52. The van der Waals surface area contributed by atoms with E-state index >= 15 is 0 Å². The molecule has 0 heterocycles. The third-order valence-electron chi connectivity index (χ3n) is 2.03. The van der Waals surface area contributed by atoms with Crippen molar-refractivity contribution in [1.82, 2.24) is 10.2 Å². The Labute approximate surface area is 100.0 Å². The zero-order valence-corrected chi connectivity index (χ0v) is 10.1. The fourth-order valence-corrected chi connectivity index (χ4v) is 0.995. The van der Waals surface area contributed by atoms with E-state index in [-0.39, 0.29) is 13.2 Å². The molecule has 0 unspecified atom stereocenters. The van der Waals surface area contributed by atoms with Gasteiger partial charge in [-0.05, 0) is 26.8 Å². The number of nitrogens with zero attached hydrogens (tertiary/aromatic N) is 1. The zero-order chi connectivity index (χ0) is 13.5. The molecule has 17 heavy (non-hydrogen) atoms. The van der Waals surface area contributed by atoms with Gasteiger partial charge in [-0.15, -0.1) is 0 Å². The van der Waals surface area contributed by atoms with Crippen LogP contribution in [0.2, 0.25) is 0 Å². The average Bonchev–Trinajstić information content (AvgIpc) is 2.29. The predicted molar refractivity (Wildman–Crippen MR) is 60.8 cm³/mol. The van der Waals surface area contributed by atoms with E-state index in [2.05, 4.69) is 5.32 Å². The number of amides is 3. The largest absolute Gasteiger partial charge is 0.394 e. The fourth-order valence-electron chi connectivity index (χ4n) is 0.995. The second-order valence-corrected chi connectivity index (χ2v) is 4.24. The van der Waals surface area contributed by atoms with Crippen molar-refractivity contribution in [3.63, 3.8) is 0 Å². The van der Waals surface area contributed by atoms with Gasteiger partial charge in [0.2, 0.25) is 6.41 Å². The summed E-state index contributed by atoms with van der Waals surface area (Å²) in [4.78, 5) is 34.4. The van der Waals surface area contributed by atoms with Gasteiger partial charge in [0.1, 0.15) is 0 Å². The van der Waals surface area contributed by atoms with Crippen molar-refractivity contribution in [3.05, 3.63) is 0 Å². The van der Waals surface area contributed by atoms with Crippen LogP contribution in [0.1, 0.15) is 20.3 Å². The lowest BCUT2D eigenvalue weighted by atomic mass is 10.1. The number of nitrogens with two attached hydrogens (primary N) is 1. The van der Waals surface area contributed by atoms with Crippen LogP contribution in [0.15, 0.2) is 0 Å². The molecular weight excluding hydrogens is 226 g/mol. The van der Waals surface area contributed by atoms with Gasteiger partial charge in [0.05, 0.1) is 12.1 Å². The molecule has 0 aliphatic rings. The van der Waals surface area contributed by atoms with Crippen LogP contribution in [0, 0.1) is 0 Å². The molecule has 0 fully saturated rings. The number of carbonyl (C=O) groups excluding carboxylic acids is 3. The Morgan fingerprint density at radius 1 is 1.47 bits per heavy atom. The molecule has 0 atom stereocenters. The van der Waals surface area contributed by atoms with Crippen molar-refractivity contribution in [2.45, 2.75) is 25.8 Å². The third-order valence-corrected chi connectivity index (χ3v) is 2.03. The molecule has 0 aliphatic carbocycles. The van der Waals surface area contributed by atoms with Crippen molar-refractivity contribution >= 4 is 18.2 Å². The minimum Gasteiger partial charge on any atom is -0.394 e. The van der Waals surface area contributed by atoms with Crippen LogP contribution < -0.4 is 11.1 Å². The van der Waals surface area contributed by atoms with Crippen LogP contribution >= 0.6 is 0 Å². The van der Waals surface area contributed by atoms with E-state index in [4.69, 9.17) is 10.8 Å². The maximum absolute atomic E-state index is 11.5. The standard InChI is InChI=1S/C10H19N3O4/c1-10(2,6-14)12-8(16)9(17)13(7-15)5-3-4-11/h7,14H,3-6,11H2,1-2H3,(H,12,16). The Morgan fingerprint density at radius 2 is 2.06 bits per heavy atom. The van der Waals surface area contributed by atoms with Crippen LogP contribution in [-0.2, 0) is 14.4 Å². The number of rotatable bonds is 6. The molecule has 0 aromatic carbocycles. The minimum absolute atomic E-state index is 0.103. The molecule has 7 nitrogen and oxygen atoms in total. The predicted octanol–water partition coefficient (Wildman–Crippen LogP) is -1.79. The van der Waals surface area contributed by atoms with Gasteiger partial charge in [0.25, 0.3) is 0 Å². The lowest BCUT2D eigenvalue weighted by molar-refractivity contribution is -0.149. The average molecular weight is 245 g/mol. The normalized spacial score (nSPS) is 10.8. The van der Waals surface area contributed by atoms with Gasteiger partial charge in [0.15, 0.2) is 0 Å². The van der Waals surface area contributed by atoms with Gasteiger partial charge < -0.3 is 16.2 Å². The minimum atomic E-state index is -0.949. The SMILES string of the molecule is CC(C)(CO)NC(=O)C(=O)N(C=O)CCCN. The molecule has 98 valence electrons. The quantitative estimate of drug-likeness (QED) is 0.378. The molecule has 0 radical (unpaired) electrons. The van der Waals surface area contributed by atoms with E-state index in [1.807, 2.05) is 0 Å². The molecular formula is C10H19N3O4. The molecule has 0 aromatic heterocycles. The highest BCUT2D eigenvalue weighted by molar-refractivity contribution is 6.36.